The summed E-state index contributed by atoms with van der Waals surface area (Å²) in [5.41, 5.74) is 2.89. The quantitative estimate of drug-likeness (QED) is 0.864. The fourth-order valence-electron chi connectivity index (χ4n) is 3.22. The molecule has 1 unspecified atom stereocenters. The summed E-state index contributed by atoms with van der Waals surface area (Å²) in [5, 5.41) is 0. The van der Waals surface area contributed by atoms with E-state index in [9.17, 15) is 9.18 Å². The predicted octanol–water partition coefficient (Wildman–Crippen LogP) is 3.63. The summed E-state index contributed by atoms with van der Waals surface area (Å²) in [6.07, 6.45) is 0.285. The Balaban J connectivity index is 1.87. The summed E-state index contributed by atoms with van der Waals surface area (Å²) in [6, 6.07) is 14.4. The van der Waals surface area contributed by atoms with E-state index in [0.29, 0.717) is 6.54 Å². The van der Waals surface area contributed by atoms with Crippen LogP contribution in [0.1, 0.15) is 19.4 Å². The lowest BCUT2D eigenvalue weighted by Gasteiger charge is -2.42. The van der Waals surface area contributed by atoms with Crippen LogP contribution in [-0.2, 0) is 11.2 Å². The number of hydrogen-bond donors (Lipinski definition) is 0. The molecule has 0 aromatic heterocycles. The molecule has 0 saturated heterocycles. The van der Waals surface area contributed by atoms with Crippen LogP contribution in [0.3, 0.4) is 0 Å². The van der Waals surface area contributed by atoms with Crippen LogP contribution in [0.15, 0.2) is 48.5 Å². The van der Waals surface area contributed by atoms with Crippen molar-refractivity contribution in [2.24, 2.45) is 0 Å². The second-order valence-electron chi connectivity index (χ2n) is 5.93. The zero-order valence-corrected chi connectivity index (χ0v) is 13.5. The Morgan fingerprint density at radius 3 is 2.43 bits per heavy atom. The molecule has 0 spiro atoms. The Bertz CT molecular complexity index is 699. The molecule has 1 aliphatic heterocycles. The molecule has 0 N–H and O–H groups in total. The van der Waals surface area contributed by atoms with Crippen LogP contribution in [0.4, 0.5) is 15.8 Å². The van der Waals surface area contributed by atoms with Crippen LogP contribution < -0.4 is 9.80 Å². The SMILES string of the molecule is CCN1c2ccccc2N(C(=O)Cc2ccc(F)cc2)CC1C. The van der Waals surface area contributed by atoms with Gasteiger partial charge in [0.2, 0.25) is 5.91 Å². The van der Waals surface area contributed by atoms with Crippen molar-refractivity contribution in [1.29, 1.82) is 0 Å². The number of carbonyl (C=O) groups is 1. The van der Waals surface area contributed by atoms with Gasteiger partial charge in [-0.3, -0.25) is 4.79 Å². The Labute approximate surface area is 136 Å². The van der Waals surface area contributed by atoms with Crippen molar-refractivity contribution >= 4 is 17.3 Å². The smallest absolute Gasteiger partial charge is 0.231 e. The van der Waals surface area contributed by atoms with Gasteiger partial charge in [-0.05, 0) is 43.7 Å². The third-order valence-electron chi connectivity index (χ3n) is 4.37. The van der Waals surface area contributed by atoms with Crippen molar-refractivity contribution in [2.75, 3.05) is 22.9 Å². The van der Waals surface area contributed by atoms with Crippen molar-refractivity contribution in [3.8, 4) is 0 Å². The van der Waals surface area contributed by atoms with Gasteiger partial charge in [-0.1, -0.05) is 24.3 Å². The van der Waals surface area contributed by atoms with Crippen LogP contribution in [0.25, 0.3) is 0 Å². The lowest BCUT2D eigenvalue weighted by Crippen LogP contribution is -2.50. The molecule has 4 heteroatoms. The predicted molar refractivity (Wildman–Crippen MR) is 91.4 cm³/mol. The molecule has 0 fully saturated rings. The second kappa shape index (κ2) is 6.41. The zero-order chi connectivity index (χ0) is 16.4. The summed E-state index contributed by atoms with van der Waals surface area (Å²) >= 11 is 0. The molecule has 1 atom stereocenters. The van der Waals surface area contributed by atoms with Crippen molar-refractivity contribution in [3.05, 3.63) is 59.9 Å². The molecule has 1 amide bonds. The molecule has 1 aliphatic rings. The summed E-state index contributed by atoms with van der Waals surface area (Å²) < 4.78 is 13.0. The summed E-state index contributed by atoms with van der Waals surface area (Å²) in [4.78, 5) is 16.9. The Hall–Kier alpha value is -2.36. The molecule has 23 heavy (non-hydrogen) atoms. The van der Waals surface area contributed by atoms with Crippen molar-refractivity contribution < 1.29 is 9.18 Å². The number of nitrogens with zero attached hydrogens (tertiary/aromatic N) is 2. The van der Waals surface area contributed by atoms with E-state index in [-0.39, 0.29) is 24.2 Å². The molecular weight excluding hydrogens is 291 g/mol. The van der Waals surface area contributed by atoms with Gasteiger partial charge in [0, 0.05) is 19.1 Å². The van der Waals surface area contributed by atoms with Crippen molar-refractivity contribution in [3.63, 3.8) is 0 Å². The highest BCUT2D eigenvalue weighted by Crippen LogP contribution is 2.35. The largest absolute Gasteiger partial charge is 0.366 e. The van der Waals surface area contributed by atoms with E-state index in [1.54, 1.807) is 12.1 Å². The maximum absolute atomic E-state index is 13.0. The second-order valence-corrected chi connectivity index (χ2v) is 5.93. The number of halogens is 1. The molecule has 0 saturated carbocycles. The van der Waals surface area contributed by atoms with Gasteiger partial charge in [0.25, 0.3) is 0 Å². The van der Waals surface area contributed by atoms with Gasteiger partial charge >= 0.3 is 0 Å². The lowest BCUT2D eigenvalue weighted by molar-refractivity contribution is -0.118. The molecular formula is C19H21FN2O. The third-order valence-corrected chi connectivity index (χ3v) is 4.37. The number of para-hydroxylation sites is 2. The van der Waals surface area contributed by atoms with Gasteiger partial charge in [-0.2, -0.15) is 0 Å². The number of carbonyl (C=O) groups excluding carboxylic acids is 1. The number of anilines is 2. The first kappa shape index (κ1) is 15.5. The summed E-state index contributed by atoms with van der Waals surface area (Å²) in [5.74, 6) is -0.233. The van der Waals surface area contributed by atoms with Gasteiger partial charge in [0.15, 0.2) is 0 Å². The average molecular weight is 312 g/mol. The zero-order valence-electron chi connectivity index (χ0n) is 13.5. The molecule has 0 radical (unpaired) electrons. The number of rotatable bonds is 3. The van der Waals surface area contributed by atoms with Crippen LogP contribution in [0.5, 0.6) is 0 Å². The van der Waals surface area contributed by atoms with E-state index in [1.165, 1.54) is 12.1 Å². The van der Waals surface area contributed by atoms with Gasteiger partial charge < -0.3 is 9.80 Å². The minimum atomic E-state index is -0.281. The van der Waals surface area contributed by atoms with Gasteiger partial charge in [0.1, 0.15) is 5.82 Å². The third kappa shape index (κ3) is 3.07. The molecule has 0 bridgehead atoms. The van der Waals surface area contributed by atoms with Crippen LogP contribution in [0, 0.1) is 5.82 Å². The standard InChI is InChI=1S/C19H21FN2O/c1-3-21-14(2)13-22(18-7-5-4-6-17(18)21)19(23)12-15-8-10-16(20)11-9-15/h4-11,14H,3,12-13H2,1-2H3. The normalized spacial score (nSPS) is 17.1. The molecule has 1 heterocycles. The Morgan fingerprint density at radius 1 is 1.13 bits per heavy atom. The summed E-state index contributed by atoms with van der Waals surface area (Å²) in [7, 11) is 0. The number of likely N-dealkylation sites (N-methyl/N-ethyl adjacent to an activating group) is 1. The summed E-state index contributed by atoms with van der Waals surface area (Å²) in [6.45, 7) is 5.85. The van der Waals surface area contributed by atoms with Gasteiger partial charge in [-0.25, -0.2) is 4.39 Å². The van der Waals surface area contributed by atoms with Crippen molar-refractivity contribution in [2.45, 2.75) is 26.3 Å². The molecule has 2 aromatic carbocycles. The molecule has 120 valence electrons. The number of amides is 1. The van der Waals surface area contributed by atoms with Crippen LogP contribution >= 0.6 is 0 Å². The lowest BCUT2D eigenvalue weighted by atomic mass is 10.1. The molecule has 0 aliphatic carbocycles. The topological polar surface area (TPSA) is 23.6 Å². The van der Waals surface area contributed by atoms with E-state index in [0.717, 1.165) is 23.5 Å². The van der Waals surface area contributed by atoms with E-state index in [1.807, 2.05) is 23.1 Å². The van der Waals surface area contributed by atoms with Crippen molar-refractivity contribution in [1.82, 2.24) is 0 Å². The van der Waals surface area contributed by atoms with E-state index in [2.05, 4.69) is 24.8 Å². The highest BCUT2D eigenvalue weighted by molar-refractivity contribution is 5.99. The Kier molecular flexibility index (Phi) is 4.33. The molecule has 2 aromatic rings. The van der Waals surface area contributed by atoms with E-state index in [4.69, 9.17) is 0 Å². The van der Waals surface area contributed by atoms with Crippen LogP contribution in [0.2, 0.25) is 0 Å². The Morgan fingerprint density at radius 2 is 1.78 bits per heavy atom. The monoisotopic (exact) mass is 312 g/mol. The number of benzene rings is 2. The fraction of sp³-hybridized carbons (Fsp3) is 0.316. The minimum absolute atomic E-state index is 0.0478. The van der Waals surface area contributed by atoms with Gasteiger partial charge in [0.05, 0.1) is 17.8 Å². The highest BCUT2D eigenvalue weighted by atomic mass is 19.1. The van der Waals surface area contributed by atoms with E-state index < -0.39 is 0 Å². The fourth-order valence-corrected chi connectivity index (χ4v) is 3.22. The van der Waals surface area contributed by atoms with E-state index >= 15 is 0 Å². The molecule has 3 nitrogen and oxygen atoms in total. The number of fused-ring (bicyclic) bond motifs is 1. The average Bonchev–Trinajstić information content (AvgIpc) is 2.56. The highest BCUT2D eigenvalue weighted by Gasteiger charge is 2.30. The van der Waals surface area contributed by atoms with Gasteiger partial charge in [-0.15, -0.1) is 0 Å². The maximum atomic E-state index is 13.0. The first-order valence-electron chi connectivity index (χ1n) is 8.00. The minimum Gasteiger partial charge on any atom is -0.366 e. The first-order valence-corrected chi connectivity index (χ1v) is 8.00. The maximum Gasteiger partial charge on any atom is 0.231 e. The number of hydrogen-bond acceptors (Lipinski definition) is 2. The molecule has 3 rings (SSSR count). The first-order chi connectivity index (χ1) is 11.1. The van der Waals surface area contributed by atoms with Crippen LogP contribution in [-0.4, -0.2) is 25.0 Å².